The minimum atomic E-state index is -0.665. The minimum Gasteiger partial charge on any atom is -0.494 e. The number of aromatic hydroxyl groups is 1. The van der Waals surface area contributed by atoms with Crippen LogP contribution in [0.25, 0.3) is 11.0 Å². The van der Waals surface area contributed by atoms with Crippen molar-refractivity contribution >= 4 is 16.8 Å². The molecular weight excluding hydrogens is 356 g/mol. The monoisotopic (exact) mass is 376 g/mol. The topological polar surface area (TPSA) is 96.2 Å². The van der Waals surface area contributed by atoms with Crippen molar-refractivity contribution in [1.29, 1.82) is 5.26 Å². The third kappa shape index (κ3) is 2.72. The van der Waals surface area contributed by atoms with Crippen LogP contribution >= 0.6 is 0 Å². The van der Waals surface area contributed by atoms with Crippen LogP contribution in [0.3, 0.4) is 0 Å². The third-order valence-corrected chi connectivity index (χ3v) is 5.10. The van der Waals surface area contributed by atoms with Crippen molar-refractivity contribution in [3.05, 3.63) is 74.3 Å². The van der Waals surface area contributed by atoms with Crippen molar-refractivity contribution in [3.63, 3.8) is 0 Å². The summed E-state index contributed by atoms with van der Waals surface area (Å²) in [5.41, 5.74) is 2.47. The lowest BCUT2D eigenvalue weighted by atomic mass is 9.98. The SMILES string of the molecule is C=CCn1c(O)c(C(=O)c2oc3cc(C)c(C)cc3c2C)c(C)c(C#N)c1=O. The highest BCUT2D eigenvalue weighted by Crippen LogP contribution is 2.32. The second kappa shape index (κ2) is 6.86. The van der Waals surface area contributed by atoms with Gasteiger partial charge in [-0.3, -0.25) is 14.2 Å². The van der Waals surface area contributed by atoms with Crippen LogP contribution in [0.2, 0.25) is 0 Å². The number of aryl methyl sites for hydroxylation is 3. The molecule has 0 aliphatic rings. The van der Waals surface area contributed by atoms with Gasteiger partial charge < -0.3 is 9.52 Å². The summed E-state index contributed by atoms with van der Waals surface area (Å²) < 4.78 is 6.77. The van der Waals surface area contributed by atoms with Crippen LogP contribution in [-0.4, -0.2) is 15.5 Å². The molecule has 1 aromatic carbocycles. The van der Waals surface area contributed by atoms with Crippen molar-refractivity contribution in [2.24, 2.45) is 0 Å². The Bertz CT molecular complexity index is 1250. The number of hydrogen-bond acceptors (Lipinski definition) is 5. The maximum absolute atomic E-state index is 13.3. The average Bonchev–Trinajstić information content (AvgIpc) is 2.95. The Balaban J connectivity index is 2.32. The number of rotatable bonds is 4. The van der Waals surface area contributed by atoms with Gasteiger partial charge >= 0.3 is 0 Å². The molecule has 28 heavy (non-hydrogen) atoms. The summed E-state index contributed by atoms with van der Waals surface area (Å²) in [6, 6.07) is 5.64. The van der Waals surface area contributed by atoms with Gasteiger partial charge in [-0.2, -0.15) is 5.26 Å². The first-order valence-electron chi connectivity index (χ1n) is 8.75. The van der Waals surface area contributed by atoms with E-state index in [1.807, 2.05) is 32.0 Å². The second-order valence-electron chi connectivity index (χ2n) is 6.83. The summed E-state index contributed by atoms with van der Waals surface area (Å²) >= 11 is 0. The van der Waals surface area contributed by atoms with Gasteiger partial charge in [0.05, 0.1) is 5.56 Å². The third-order valence-electron chi connectivity index (χ3n) is 5.10. The van der Waals surface area contributed by atoms with Crippen molar-refractivity contribution in [3.8, 4) is 11.9 Å². The van der Waals surface area contributed by atoms with Gasteiger partial charge in [0, 0.05) is 17.5 Å². The van der Waals surface area contributed by atoms with E-state index in [0.29, 0.717) is 11.1 Å². The number of hydrogen-bond donors (Lipinski definition) is 1. The van der Waals surface area contributed by atoms with Crippen molar-refractivity contribution in [1.82, 2.24) is 4.57 Å². The van der Waals surface area contributed by atoms with E-state index in [2.05, 4.69) is 6.58 Å². The summed E-state index contributed by atoms with van der Waals surface area (Å²) in [6.07, 6.45) is 1.41. The molecule has 0 spiro atoms. The molecule has 3 aromatic rings. The largest absolute Gasteiger partial charge is 0.494 e. The smallest absolute Gasteiger partial charge is 0.271 e. The Labute approximate surface area is 161 Å². The molecule has 0 aliphatic heterocycles. The summed E-state index contributed by atoms with van der Waals surface area (Å²) in [5, 5.41) is 20.8. The molecular formula is C22H20N2O4. The molecule has 3 rings (SSSR count). The van der Waals surface area contributed by atoms with Crippen molar-refractivity contribution in [2.75, 3.05) is 0 Å². The highest BCUT2D eigenvalue weighted by atomic mass is 16.3. The zero-order valence-electron chi connectivity index (χ0n) is 16.2. The molecule has 0 saturated carbocycles. The number of fused-ring (bicyclic) bond motifs is 1. The average molecular weight is 376 g/mol. The van der Waals surface area contributed by atoms with Gasteiger partial charge in [-0.05, 0) is 56.5 Å². The normalized spacial score (nSPS) is 10.8. The van der Waals surface area contributed by atoms with E-state index in [1.54, 1.807) is 6.92 Å². The number of pyridine rings is 1. The first-order chi connectivity index (χ1) is 13.2. The van der Waals surface area contributed by atoms with Crippen molar-refractivity contribution in [2.45, 2.75) is 34.2 Å². The molecule has 0 atom stereocenters. The highest BCUT2D eigenvalue weighted by Gasteiger charge is 2.28. The van der Waals surface area contributed by atoms with Crippen LogP contribution in [0.15, 0.2) is 34.0 Å². The molecule has 0 fully saturated rings. The summed E-state index contributed by atoms with van der Waals surface area (Å²) in [7, 11) is 0. The van der Waals surface area contributed by atoms with Crippen LogP contribution in [0.4, 0.5) is 0 Å². The molecule has 0 saturated heterocycles. The van der Waals surface area contributed by atoms with Crippen LogP contribution in [0.5, 0.6) is 5.88 Å². The minimum absolute atomic E-state index is 0.0303. The van der Waals surface area contributed by atoms with Gasteiger partial charge in [0.15, 0.2) is 5.76 Å². The number of aromatic nitrogens is 1. The molecule has 0 amide bonds. The van der Waals surface area contributed by atoms with E-state index < -0.39 is 17.2 Å². The van der Waals surface area contributed by atoms with E-state index in [0.717, 1.165) is 21.1 Å². The predicted molar refractivity (Wildman–Crippen MR) is 106 cm³/mol. The van der Waals surface area contributed by atoms with E-state index in [9.17, 15) is 20.0 Å². The Kier molecular flexibility index (Phi) is 4.70. The number of benzene rings is 1. The van der Waals surface area contributed by atoms with Crippen LogP contribution in [0.1, 0.15) is 43.9 Å². The maximum Gasteiger partial charge on any atom is 0.271 e. The van der Waals surface area contributed by atoms with E-state index >= 15 is 0 Å². The van der Waals surface area contributed by atoms with Crippen molar-refractivity contribution < 1.29 is 14.3 Å². The fraction of sp³-hybridized carbons (Fsp3) is 0.227. The Morgan fingerprint density at radius 1 is 1.25 bits per heavy atom. The van der Waals surface area contributed by atoms with Gasteiger partial charge in [0.25, 0.3) is 5.56 Å². The van der Waals surface area contributed by atoms with Crippen LogP contribution < -0.4 is 5.56 Å². The number of ketones is 1. The molecule has 0 radical (unpaired) electrons. The molecule has 6 nitrogen and oxygen atoms in total. The summed E-state index contributed by atoms with van der Waals surface area (Å²) in [6.45, 7) is 10.7. The fourth-order valence-electron chi connectivity index (χ4n) is 3.33. The van der Waals surface area contributed by atoms with Gasteiger partial charge in [-0.1, -0.05) is 6.08 Å². The van der Waals surface area contributed by atoms with Gasteiger partial charge in [0.2, 0.25) is 11.7 Å². The lowest BCUT2D eigenvalue weighted by Crippen LogP contribution is -2.26. The summed E-state index contributed by atoms with van der Waals surface area (Å²) in [4.78, 5) is 25.7. The molecule has 142 valence electrons. The number of nitrogens with zero attached hydrogens (tertiary/aromatic N) is 2. The number of carbonyl (C=O) groups excluding carboxylic acids is 1. The summed E-state index contributed by atoms with van der Waals surface area (Å²) in [5.74, 6) is -1.00. The molecule has 2 heterocycles. The molecule has 0 unspecified atom stereocenters. The van der Waals surface area contributed by atoms with Gasteiger partial charge in [0.1, 0.15) is 17.2 Å². The lowest BCUT2D eigenvalue weighted by Gasteiger charge is -2.13. The Hall–Kier alpha value is -3.59. The molecule has 6 heteroatoms. The predicted octanol–water partition coefficient (Wildman–Crippen LogP) is 3.82. The van der Waals surface area contributed by atoms with E-state index in [-0.39, 0.29) is 29.0 Å². The van der Waals surface area contributed by atoms with Crippen LogP contribution in [-0.2, 0) is 6.54 Å². The number of furan rings is 1. The highest BCUT2D eigenvalue weighted by molar-refractivity contribution is 6.12. The number of carbonyl (C=O) groups is 1. The second-order valence-corrected chi connectivity index (χ2v) is 6.83. The van der Waals surface area contributed by atoms with Gasteiger partial charge in [-0.25, -0.2) is 0 Å². The van der Waals surface area contributed by atoms with E-state index in [4.69, 9.17) is 4.42 Å². The fourth-order valence-corrected chi connectivity index (χ4v) is 3.33. The molecule has 0 bridgehead atoms. The number of allylic oxidation sites excluding steroid dienone is 1. The quantitative estimate of drug-likeness (QED) is 0.551. The van der Waals surface area contributed by atoms with E-state index in [1.165, 1.54) is 13.0 Å². The first-order valence-corrected chi connectivity index (χ1v) is 8.75. The maximum atomic E-state index is 13.3. The molecule has 2 aromatic heterocycles. The zero-order valence-corrected chi connectivity index (χ0v) is 16.2. The standard InChI is InChI=1S/C22H20N2O4/c1-6-7-24-21(26)16(10-23)13(4)18(22(24)27)19(25)20-14(5)15-8-11(2)12(3)9-17(15)28-20/h6,8-9,27H,1,7H2,2-5H3. The first kappa shape index (κ1) is 19.2. The van der Waals surface area contributed by atoms with Gasteiger partial charge in [-0.15, -0.1) is 6.58 Å². The molecule has 1 N–H and O–H groups in total. The number of nitriles is 1. The van der Waals surface area contributed by atoms with Crippen LogP contribution in [0, 0.1) is 39.0 Å². The lowest BCUT2D eigenvalue weighted by molar-refractivity contribution is 0.101. The Morgan fingerprint density at radius 3 is 2.50 bits per heavy atom. The zero-order chi connectivity index (χ0) is 20.7. The molecule has 0 aliphatic carbocycles. The Morgan fingerprint density at radius 2 is 1.89 bits per heavy atom.